The van der Waals surface area contributed by atoms with E-state index < -0.39 is 0 Å². The van der Waals surface area contributed by atoms with Crippen LogP contribution in [-0.4, -0.2) is 13.2 Å². The number of furan rings is 1. The molecule has 0 spiro atoms. The van der Waals surface area contributed by atoms with Crippen molar-refractivity contribution in [2.24, 2.45) is 0 Å². The highest BCUT2D eigenvalue weighted by Gasteiger charge is 2.30. The molecule has 2 atom stereocenters. The average Bonchev–Trinajstić information content (AvgIpc) is 3.01. The fourth-order valence-electron chi connectivity index (χ4n) is 3.71. The molecule has 1 aromatic carbocycles. The van der Waals surface area contributed by atoms with E-state index in [-0.39, 0.29) is 12.2 Å². The molecule has 2 aliphatic heterocycles. The number of hydrogen-bond acceptors (Lipinski definition) is 3. The van der Waals surface area contributed by atoms with Gasteiger partial charge in [-0.05, 0) is 56.7 Å². The van der Waals surface area contributed by atoms with Gasteiger partial charge in [0.15, 0.2) is 0 Å². The SMILES string of the molecule is C#Cc1ccc2oc(C3CCCCO3)c(C3CCCCO3)c2c1. The van der Waals surface area contributed by atoms with Crippen LogP contribution in [0.25, 0.3) is 11.0 Å². The summed E-state index contributed by atoms with van der Waals surface area (Å²) in [7, 11) is 0. The topological polar surface area (TPSA) is 31.6 Å². The molecule has 2 aliphatic rings. The molecule has 2 unspecified atom stereocenters. The van der Waals surface area contributed by atoms with Crippen molar-refractivity contribution in [2.45, 2.75) is 50.7 Å². The van der Waals surface area contributed by atoms with Crippen molar-refractivity contribution in [2.75, 3.05) is 13.2 Å². The van der Waals surface area contributed by atoms with Crippen LogP contribution in [0, 0.1) is 12.3 Å². The molecule has 23 heavy (non-hydrogen) atoms. The number of hydrogen-bond donors (Lipinski definition) is 0. The second-order valence-corrected chi connectivity index (χ2v) is 6.45. The van der Waals surface area contributed by atoms with Gasteiger partial charge in [0.25, 0.3) is 0 Å². The molecule has 0 amide bonds. The van der Waals surface area contributed by atoms with Crippen LogP contribution in [0.3, 0.4) is 0 Å². The highest BCUT2D eigenvalue weighted by molar-refractivity contribution is 5.84. The van der Waals surface area contributed by atoms with Crippen LogP contribution in [0.5, 0.6) is 0 Å². The maximum Gasteiger partial charge on any atom is 0.139 e. The van der Waals surface area contributed by atoms with E-state index in [0.29, 0.717) is 0 Å². The fourth-order valence-corrected chi connectivity index (χ4v) is 3.71. The van der Waals surface area contributed by atoms with Gasteiger partial charge >= 0.3 is 0 Å². The maximum atomic E-state index is 6.22. The van der Waals surface area contributed by atoms with Gasteiger partial charge in [-0.15, -0.1) is 6.42 Å². The molecule has 4 rings (SSSR count). The normalized spacial score (nSPS) is 25.3. The first-order valence-electron chi connectivity index (χ1n) is 8.63. The molecular weight excluding hydrogens is 288 g/mol. The zero-order valence-electron chi connectivity index (χ0n) is 13.3. The van der Waals surface area contributed by atoms with E-state index in [4.69, 9.17) is 20.3 Å². The third-order valence-corrected chi connectivity index (χ3v) is 4.90. The molecule has 3 nitrogen and oxygen atoms in total. The molecule has 0 N–H and O–H groups in total. The Labute approximate surface area is 137 Å². The minimum atomic E-state index is 0.0472. The van der Waals surface area contributed by atoms with Crippen LogP contribution in [-0.2, 0) is 9.47 Å². The molecule has 2 saturated heterocycles. The Morgan fingerprint density at radius 3 is 2.35 bits per heavy atom. The zero-order chi connectivity index (χ0) is 15.6. The second-order valence-electron chi connectivity index (χ2n) is 6.45. The molecule has 1 aromatic heterocycles. The number of benzene rings is 1. The first-order chi connectivity index (χ1) is 11.4. The van der Waals surface area contributed by atoms with Crippen molar-refractivity contribution in [1.82, 2.24) is 0 Å². The molecule has 0 saturated carbocycles. The Morgan fingerprint density at radius 2 is 1.70 bits per heavy atom. The van der Waals surface area contributed by atoms with Gasteiger partial charge in [0.1, 0.15) is 17.4 Å². The summed E-state index contributed by atoms with van der Waals surface area (Å²) in [6.45, 7) is 1.62. The fraction of sp³-hybridized carbons (Fsp3) is 0.500. The van der Waals surface area contributed by atoms with E-state index in [1.165, 1.54) is 18.4 Å². The first-order valence-corrected chi connectivity index (χ1v) is 8.63. The monoisotopic (exact) mass is 310 g/mol. The Kier molecular flexibility index (Phi) is 4.11. The molecule has 0 bridgehead atoms. The third-order valence-electron chi connectivity index (χ3n) is 4.90. The average molecular weight is 310 g/mol. The Hall–Kier alpha value is -1.76. The molecule has 2 aromatic rings. The van der Waals surface area contributed by atoms with E-state index in [2.05, 4.69) is 12.0 Å². The molecule has 120 valence electrons. The third kappa shape index (κ3) is 2.78. The van der Waals surface area contributed by atoms with Gasteiger partial charge in [-0.25, -0.2) is 0 Å². The summed E-state index contributed by atoms with van der Waals surface area (Å²) in [6, 6.07) is 5.96. The molecule has 3 heterocycles. The highest BCUT2D eigenvalue weighted by atomic mass is 16.5. The number of ether oxygens (including phenoxy) is 2. The summed E-state index contributed by atoms with van der Waals surface area (Å²) >= 11 is 0. The van der Waals surface area contributed by atoms with Crippen molar-refractivity contribution in [3.63, 3.8) is 0 Å². The van der Waals surface area contributed by atoms with Crippen LogP contribution >= 0.6 is 0 Å². The van der Waals surface area contributed by atoms with E-state index in [9.17, 15) is 0 Å². The van der Waals surface area contributed by atoms with Crippen molar-refractivity contribution < 1.29 is 13.9 Å². The van der Waals surface area contributed by atoms with Gasteiger partial charge in [-0.1, -0.05) is 5.92 Å². The summed E-state index contributed by atoms with van der Waals surface area (Å²) in [5, 5.41) is 1.09. The van der Waals surface area contributed by atoms with Crippen LogP contribution in [0.2, 0.25) is 0 Å². The van der Waals surface area contributed by atoms with Crippen LogP contribution < -0.4 is 0 Å². The van der Waals surface area contributed by atoms with Gasteiger partial charge in [-0.3, -0.25) is 0 Å². The van der Waals surface area contributed by atoms with Gasteiger partial charge < -0.3 is 13.9 Å². The summed E-state index contributed by atoms with van der Waals surface area (Å²) in [5.74, 6) is 3.68. The molecule has 3 heteroatoms. The van der Waals surface area contributed by atoms with Crippen molar-refractivity contribution >= 4 is 11.0 Å². The standard InChI is InChI=1S/C20H22O3/c1-2-14-9-10-16-15(13-14)19(17-7-3-5-11-21-17)20(23-16)18-8-4-6-12-22-18/h1,9-10,13,17-18H,3-8,11-12H2. The van der Waals surface area contributed by atoms with Crippen LogP contribution in [0.1, 0.15) is 67.6 Å². The van der Waals surface area contributed by atoms with Gasteiger partial charge in [-0.2, -0.15) is 0 Å². The lowest BCUT2D eigenvalue weighted by atomic mass is 9.94. The van der Waals surface area contributed by atoms with Crippen molar-refractivity contribution in [3.05, 3.63) is 35.1 Å². The van der Waals surface area contributed by atoms with E-state index in [1.807, 2.05) is 12.1 Å². The smallest absolute Gasteiger partial charge is 0.139 e. The maximum absolute atomic E-state index is 6.22. The lowest BCUT2D eigenvalue weighted by molar-refractivity contribution is -0.00944. The van der Waals surface area contributed by atoms with E-state index >= 15 is 0 Å². The molecular formula is C20H22O3. The van der Waals surface area contributed by atoms with E-state index in [0.717, 1.165) is 61.2 Å². The molecule has 2 fully saturated rings. The largest absolute Gasteiger partial charge is 0.458 e. The van der Waals surface area contributed by atoms with Gasteiger partial charge in [0, 0.05) is 29.7 Å². The predicted molar refractivity (Wildman–Crippen MR) is 89.2 cm³/mol. The van der Waals surface area contributed by atoms with Crippen molar-refractivity contribution in [1.29, 1.82) is 0 Å². The Bertz CT molecular complexity index is 725. The number of terminal acetylenes is 1. The lowest BCUT2D eigenvalue weighted by Crippen LogP contribution is -2.16. The number of rotatable bonds is 2. The zero-order valence-corrected chi connectivity index (χ0v) is 13.3. The minimum Gasteiger partial charge on any atom is -0.458 e. The summed E-state index contributed by atoms with van der Waals surface area (Å²) in [5.41, 5.74) is 2.94. The molecule has 0 radical (unpaired) electrons. The predicted octanol–water partition coefficient (Wildman–Crippen LogP) is 4.90. The summed E-state index contributed by atoms with van der Waals surface area (Å²) in [6.07, 6.45) is 12.4. The highest BCUT2D eigenvalue weighted by Crippen LogP contribution is 2.42. The number of fused-ring (bicyclic) bond motifs is 1. The second kappa shape index (κ2) is 6.39. The Morgan fingerprint density at radius 1 is 0.957 bits per heavy atom. The quantitative estimate of drug-likeness (QED) is 0.740. The molecule has 0 aliphatic carbocycles. The summed E-state index contributed by atoms with van der Waals surface area (Å²) < 4.78 is 18.3. The summed E-state index contributed by atoms with van der Waals surface area (Å²) in [4.78, 5) is 0. The van der Waals surface area contributed by atoms with Crippen LogP contribution in [0.15, 0.2) is 22.6 Å². The van der Waals surface area contributed by atoms with Gasteiger partial charge in [0.05, 0.1) is 6.10 Å². The minimum absolute atomic E-state index is 0.0472. The Balaban J connectivity index is 1.84. The van der Waals surface area contributed by atoms with Crippen molar-refractivity contribution in [3.8, 4) is 12.3 Å². The van der Waals surface area contributed by atoms with Crippen LogP contribution in [0.4, 0.5) is 0 Å². The first kappa shape index (κ1) is 14.8. The van der Waals surface area contributed by atoms with E-state index in [1.54, 1.807) is 0 Å². The van der Waals surface area contributed by atoms with Gasteiger partial charge in [0.2, 0.25) is 0 Å². The lowest BCUT2D eigenvalue weighted by Gasteiger charge is -2.26.